The SMILES string of the molecule is COC(=O)c1ccc(-c2cccc(-c3ccc4ccccc4n3)c2)cc1. The van der Waals surface area contributed by atoms with Gasteiger partial charge in [-0.25, -0.2) is 9.78 Å². The van der Waals surface area contributed by atoms with E-state index in [9.17, 15) is 4.79 Å². The van der Waals surface area contributed by atoms with E-state index in [0.717, 1.165) is 33.3 Å². The van der Waals surface area contributed by atoms with Crippen molar-refractivity contribution in [2.24, 2.45) is 0 Å². The standard InChI is InChI=1S/C23H17NO2/c1-26-23(25)18-11-9-16(10-12-18)19-6-4-7-20(15-19)22-14-13-17-5-2-3-8-21(17)24-22/h2-15H,1H3. The Bertz CT molecular complexity index is 1080. The van der Waals surface area contributed by atoms with Crippen molar-refractivity contribution in [3.8, 4) is 22.4 Å². The highest BCUT2D eigenvalue weighted by Crippen LogP contribution is 2.27. The van der Waals surface area contributed by atoms with E-state index in [0.29, 0.717) is 5.56 Å². The van der Waals surface area contributed by atoms with Crippen molar-refractivity contribution in [3.05, 3.63) is 90.5 Å². The van der Waals surface area contributed by atoms with Crippen LogP contribution in [0.5, 0.6) is 0 Å². The van der Waals surface area contributed by atoms with Gasteiger partial charge in [0.1, 0.15) is 0 Å². The molecule has 0 spiro atoms. The van der Waals surface area contributed by atoms with Crippen LogP contribution in [-0.2, 0) is 4.74 Å². The third kappa shape index (κ3) is 3.07. The van der Waals surface area contributed by atoms with Crippen molar-refractivity contribution in [2.75, 3.05) is 7.11 Å². The van der Waals surface area contributed by atoms with E-state index in [1.807, 2.05) is 42.5 Å². The molecule has 3 aromatic carbocycles. The number of carbonyl (C=O) groups excluding carboxylic acids is 1. The van der Waals surface area contributed by atoms with Gasteiger partial charge in [0.25, 0.3) is 0 Å². The average Bonchev–Trinajstić information content (AvgIpc) is 2.73. The molecule has 0 aliphatic carbocycles. The van der Waals surface area contributed by atoms with E-state index in [1.54, 1.807) is 12.1 Å². The van der Waals surface area contributed by atoms with Gasteiger partial charge in [0.05, 0.1) is 23.9 Å². The molecule has 0 unspecified atom stereocenters. The van der Waals surface area contributed by atoms with Crippen LogP contribution >= 0.6 is 0 Å². The molecule has 3 heteroatoms. The minimum atomic E-state index is -0.328. The normalized spacial score (nSPS) is 10.7. The lowest BCUT2D eigenvalue weighted by atomic mass is 10.00. The molecule has 4 aromatic rings. The number of hydrogen-bond donors (Lipinski definition) is 0. The van der Waals surface area contributed by atoms with Crippen molar-refractivity contribution in [3.63, 3.8) is 0 Å². The lowest BCUT2D eigenvalue weighted by Gasteiger charge is -2.07. The van der Waals surface area contributed by atoms with Gasteiger partial charge in [-0.05, 0) is 41.5 Å². The van der Waals surface area contributed by atoms with Crippen molar-refractivity contribution < 1.29 is 9.53 Å². The second kappa shape index (κ2) is 6.81. The summed E-state index contributed by atoms with van der Waals surface area (Å²) in [7, 11) is 1.39. The molecule has 0 bridgehead atoms. The van der Waals surface area contributed by atoms with E-state index in [1.165, 1.54) is 7.11 Å². The number of pyridine rings is 1. The zero-order valence-corrected chi connectivity index (χ0v) is 14.3. The fraction of sp³-hybridized carbons (Fsp3) is 0.0435. The molecule has 0 aliphatic rings. The van der Waals surface area contributed by atoms with Gasteiger partial charge in [-0.2, -0.15) is 0 Å². The molecular formula is C23H17NO2. The Morgan fingerprint density at radius 3 is 2.35 bits per heavy atom. The maximum atomic E-state index is 11.6. The number of esters is 1. The molecule has 0 aliphatic heterocycles. The minimum Gasteiger partial charge on any atom is -0.465 e. The van der Waals surface area contributed by atoms with Crippen molar-refractivity contribution in [1.29, 1.82) is 0 Å². The Morgan fingerprint density at radius 2 is 1.54 bits per heavy atom. The maximum Gasteiger partial charge on any atom is 0.337 e. The number of ether oxygens (including phenoxy) is 1. The molecule has 126 valence electrons. The van der Waals surface area contributed by atoms with Gasteiger partial charge in [0.15, 0.2) is 0 Å². The Kier molecular flexibility index (Phi) is 4.20. The van der Waals surface area contributed by atoms with E-state index in [2.05, 4.69) is 30.3 Å². The molecule has 0 radical (unpaired) electrons. The van der Waals surface area contributed by atoms with Gasteiger partial charge in [-0.15, -0.1) is 0 Å². The first-order valence-electron chi connectivity index (χ1n) is 8.39. The number of aromatic nitrogens is 1. The summed E-state index contributed by atoms with van der Waals surface area (Å²) in [6.45, 7) is 0. The van der Waals surface area contributed by atoms with Crippen LogP contribution in [0.25, 0.3) is 33.3 Å². The van der Waals surface area contributed by atoms with Gasteiger partial charge in [-0.3, -0.25) is 0 Å². The molecule has 3 nitrogen and oxygen atoms in total. The summed E-state index contributed by atoms with van der Waals surface area (Å²) in [5, 5.41) is 1.13. The third-order valence-electron chi connectivity index (χ3n) is 4.40. The number of nitrogens with zero attached hydrogens (tertiary/aromatic N) is 1. The molecule has 4 rings (SSSR count). The van der Waals surface area contributed by atoms with Crippen LogP contribution in [0.4, 0.5) is 0 Å². The van der Waals surface area contributed by atoms with Crippen molar-refractivity contribution in [2.45, 2.75) is 0 Å². The topological polar surface area (TPSA) is 39.2 Å². The molecule has 0 saturated heterocycles. The third-order valence-corrected chi connectivity index (χ3v) is 4.40. The van der Waals surface area contributed by atoms with Crippen LogP contribution in [0.1, 0.15) is 10.4 Å². The number of benzene rings is 3. The van der Waals surface area contributed by atoms with Crippen LogP contribution in [0, 0.1) is 0 Å². The lowest BCUT2D eigenvalue weighted by molar-refractivity contribution is 0.0601. The highest BCUT2D eigenvalue weighted by molar-refractivity contribution is 5.90. The van der Waals surface area contributed by atoms with Gasteiger partial charge < -0.3 is 4.74 Å². The predicted octanol–water partition coefficient (Wildman–Crippen LogP) is 5.36. The zero-order valence-electron chi connectivity index (χ0n) is 14.3. The Balaban J connectivity index is 1.70. The summed E-state index contributed by atoms with van der Waals surface area (Å²) < 4.78 is 4.75. The summed E-state index contributed by atoms with van der Waals surface area (Å²) in [5.74, 6) is -0.328. The van der Waals surface area contributed by atoms with Gasteiger partial charge in [-0.1, -0.05) is 54.6 Å². The second-order valence-electron chi connectivity index (χ2n) is 6.04. The predicted molar refractivity (Wildman–Crippen MR) is 104 cm³/mol. The second-order valence-corrected chi connectivity index (χ2v) is 6.04. The summed E-state index contributed by atoms with van der Waals surface area (Å²) >= 11 is 0. The van der Waals surface area contributed by atoms with E-state index in [4.69, 9.17) is 9.72 Å². The van der Waals surface area contributed by atoms with Gasteiger partial charge in [0.2, 0.25) is 0 Å². The highest BCUT2D eigenvalue weighted by atomic mass is 16.5. The van der Waals surface area contributed by atoms with E-state index >= 15 is 0 Å². The lowest BCUT2D eigenvalue weighted by Crippen LogP contribution is -2.00. The van der Waals surface area contributed by atoms with Crippen LogP contribution in [0.3, 0.4) is 0 Å². The highest BCUT2D eigenvalue weighted by Gasteiger charge is 2.07. The summed E-state index contributed by atoms with van der Waals surface area (Å²) in [5.41, 5.74) is 5.65. The average molecular weight is 339 g/mol. The number of methoxy groups -OCH3 is 1. The van der Waals surface area contributed by atoms with Crippen LogP contribution < -0.4 is 0 Å². The fourth-order valence-electron chi connectivity index (χ4n) is 3.00. The number of fused-ring (bicyclic) bond motifs is 1. The molecule has 1 heterocycles. The van der Waals surface area contributed by atoms with Crippen LogP contribution in [-0.4, -0.2) is 18.1 Å². The Labute approximate surface area is 151 Å². The van der Waals surface area contributed by atoms with E-state index < -0.39 is 0 Å². The number of para-hydroxylation sites is 1. The fourth-order valence-corrected chi connectivity index (χ4v) is 3.00. The Hall–Kier alpha value is -3.46. The number of carbonyl (C=O) groups is 1. The smallest absolute Gasteiger partial charge is 0.337 e. The van der Waals surface area contributed by atoms with Gasteiger partial charge >= 0.3 is 5.97 Å². The molecule has 0 atom stereocenters. The first-order valence-corrected chi connectivity index (χ1v) is 8.39. The first-order chi connectivity index (χ1) is 12.7. The molecule has 0 fully saturated rings. The molecule has 1 aromatic heterocycles. The quantitative estimate of drug-likeness (QED) is 0.472. The molecular weight excluding hydrogens is 322 g/mol. The molecule has 0 N–H and O–H groups in total. The number of rotatable bonds is 3. The summed E-state index contributed by atoms with van der Waals surface area (Å²) in [6.07, 6.45) is 0. The van der Waals surface area contributed by atoms with Crippen LogP contribution in [0.15, 0.2) is 84.9 Å². The minimum absolute atomic E-state index is 0.328. The van der Waals surface area contributed by atoms with Crippen molar-refractivity contribution in [1.82, 2.24) is 4.98 Å². The summed E-state index contributed by atoms with van der Waals surface area (Å²) in [4.78, 5) is 16.3. The number of hydrogen-bond acceptors (Lipinski definition) is 3. The van der Waals surface area contributed by atoms with Crippen molar-refractivity contribution >= 4 is 16.9 Å². The zero-order chi connectivity index (χ0) is 17.9. The Morgan fingerprint density at radius 1 is 0.769 bits per heavy atom. The van der Waals surface area contributed by atoms with Gasteiger partial charge in [0, 0.05) is 10.9 Å². The maximum absolute atomic E-state index is 11.6. The van der Waals surface area contributed by atoms with E-state index in [-0.39, 0.29) is 5.97 Å². The van der Waals surface area contributed by atoms with Crippen LogP contribution in [0.2, 0.25) is 0 Å². The molecule has 0 saturated carbocycles. The monoisotopic (exact) mass is 339 g/mol. The molecule has 26 heavy (non-hydrogen) atoms. The largest absolute Gasteiger partial charge is 0.465 e. The summed E-state index contributed by atoms with van der Waals surface area (Å²) in [6, 6.07) is 27.9. The molecule has 0 amide bonds. The first kappa shape index (κ1) is 16.0.